The summed E-state index contributed by atoms with van der Waals surface area (Å²) in [4.78, 5) is 4.54. The highest BCUT2D eigenvalue weighted by molar-refractivity contribution is 7.99. The number of guanidine groups is 1. The van der Waals surface area contributed by atoms with Gasteiger partial charge in [-0.25, -0.2) is 4.99 Å². The maximum atomic E-state index is 6.05. The van der Waals surface area contributed by atoms with Gasteiger partial charge in [0.05, 0.1) is 11.6 Å². The summed E-state index contributed by atoms with van der Waals surface area (Å²) in [5, 5.41) is 7.62. The van der Waals surface area contributed by atoms with Crippen molar-refractivity contribution in [2.45, 2.75) is 13.5 Å². The summed E-state index contributed by atoms with van der Waals surface area (Å²) in [7, 11) is 1.88. The summed E-state index contributed by atoms with van der Waals surface area (Å²) in [5.74, 6) is 2.78. The third-order valence-corrected chi connectivity index (χ3v) is 4.54. The normalized spacial score (nSPS) is 11.5. The average Bonchev–Trinajstić information content (AvgIpc) is 2.71. The minimum absolute atomic E-state index is 0.526. The quantitative estimate of drug-likeness (QED) is 0.327. The van der Waals surface area contributed by atoms with E-state index in [-0.39, 0.29) is 0 Å². The van der Waals surface area contributed by atoms with Crippen molar-refractivity contribution in [3.8, 4) is 0 Å². The second kappa shape index (κ2) is 10.0. The van der Waals surface area contributed by atoms with Crippen molar-refractivity contribution in [3.63, 3.8) is 0 Å². The molecule has 1 aromatic heterocycles. The predicted molar refractivity (Wildman–Crippen MR) is 95.8 cm³/mol. The number of hydrogen-bond acceptors (Lipinski definition) is 2. The second-order valence-electron chi connectivity index (χ2n) is 4.32. The molecule has 0 bridgehead atoms. The lowest BCUT2D eigenvalue weighted by Crippen LogP contribution is -2.38. The van der Waals surface area contributed by atoms with Crippen LogP contribution >= 0.6 is 35.0 Å². The molecule has 0 unspecified atom stereocenters. The number of nitrogens with zero attached hydrogens (tertiary/aromatic N) is 2. The smallest absolute Gasteiger partial charge is 0.191 e. The number of nitrogens with one attached hydrogen (secondary N) is 2. The fourth-order valence-electron chi connectivity index (χ4n) is 1.65. The van der Waals surface area contributed by atoms with Crippen LogP contribution in [-0.2, 0) is 13.6 Å². The molecule has 0 aliphatic carbocycles. The minimum atomic E-state index is 0.526. The van der Waals surface area contributed by atoms with E-state index in [4.69, 9.17) is 23.2 Å². The number of rotatable bonds is 8. The van der Waals surface area contributed by atoms with Gasteiger partial charge in [-0.05, 0) is 13.0 Å². The molecule has 1 aromatic rings. The van der Waals surface area contributed by atoms with Crippen molar-refractivity contribution in [1.82, 2.24) is 15.2 Å². The van der Waals surface area contributed by atoms with Crippen molar-refractivity contribution in [3.05, 3.63) is 34.6 Å². The number of aliphatic imine (C=N–C) groups is 1. The molecule has 7 heteroatoms. The molecule has 0 saturated carbocycles. The van der Waals surface area contributed by atoms with E-state index in [0.717, 1.165) is 36.2 Å². The van der Waals surface area contributed by atoms with Gasteiger partial charge in [-0.2, -0.15) is 11.8 Å². The maximum Gasteiger partial charge on any atom is 0.191 e. The zero-order chi connectivity index (χ0) is 15.7. The largest absolute Gasteiger partial charge is 0.357 e. The molecule has 0 saturated heterocycles. The summed E-state index contributed by atoms with van der Waals surface area (Å²) in [6.07, 6.45) is 1.91. The van der Waals surface area contributed by atoms with Gasteiger partial charge in [0.25, 0.3) is 0 Å². The van der Waals surface area contributed by atoms with Crippen LogP contribution in [0.5, 0.6) is 0 Å². The molecule has 0 amide bonds. The Bertz CT molecular complexity index is 486. The minimum Gasteiger partial charge on any atom is -0.357 e. The molecule has 0 aliphatic heterocycles. The van der Waals surface area contributed by atoms with Gasteiger partial charge in [0.2, 0.25) is 0 Å². The second-order valence-corrected chi connectivity index (χ2v) is 6.23. The Morgan fingerprint density at radius 1 is 1.48 bits per heavy atom. The van der Waals surface area contributed by atoms with Crippen LogP contribution < -0.4 is 10.6 Å². The fraction of sp³-hybridized carbons (Fsp3) is 0.500. The Morgan fingerprint density at radius 3 is 2.81 bits per heavy atom. The van der Waals surface area contributed by atoms with Crippen LogP contribution in [0.1, 0.15) is 12.6 Å². The van der Waals surface area contributed by atoms with Crippen LogP contribution in [0.2, 0.25) is 10.2 Å². The summed E-state index contributed by atoms with van der Waals surface area (Å²) >= 11 is 13.9. The van der Waals surface area contributed by atoms with E-state index in [1.807, 2.05) is 42.4 Å². The molecule has 1 rings (SSSR count). The van der Waals surface area contributed by atoms with Crippen molar-refractivity contribution >= 4 is 40.9 Å². The Kier molecular flexibility index (Phi) is 8.73. The summed E-state index contributed by atoms with van der Waals surface area (Å²) in [6.45, 7) is 7.95. The molecule has 0 aliphatic rings. The Morgan fingerprint density at radius 2 is 2.24 bits per heavy atom. The van der Waals surface area contributed by atoms with Gasteiger partial charge in [0.1, 0.15) is 5.15 Å². The first-order chi connectivity index (χ1) is 10.1. The standard InChI is InChI=1S/C14H22Cl2N4S/c1-4-7-21-8-6-18-14(17-5-2)19-10-11-9-12(15)13(16)20(11)3/h4,9H,1,5-8,10H2,2-3H3,(H2,17,18,19). The van der Waals surface area contributed by atoms with Gasteiger partial charge in [0.15, 0.2) is 5.96 Å². The zero-order valence-corrected chi connectivity index (χ0v) is 14.8. The van der Waals surface area contributed by atoms with Crippen LogP contribution in [0, 0.1) is 0 Å². The van der Waals surface area contributed by atoms with E-state index in [0.29, 0.717) is 16.7 Å². The van der Waals surface area contributed by atoms with E-state index in [2.05, 4.69) is 22.2 Å². The maximum absolute atomic E-state index is 6.05. The highest BCUT2D eigenvalue weighted by atomic mass is 35.5. The van der Waals surface area contributed by atoms with Gasteiger partial charge in [-0.15, -0.1) is 6.58 Å². The van der Waals surface area contributed by atoms with E-state index < -0.39 is 0 Å². The fourth-order valence-corrected chi connectivity index (χ4v) is 2.65. The number of hydrogen-bond donors (Lipinski definition) is 2. The third kappa shape index (κ3) is 6.24. The lowest BCUT2D eigenvalue weighted by molar-refractivity contribution is 0.798. The molecule has 118 valence electrons. The molecular formula is C14H22Cl2N4S. The number of halogens is 2. The molecule has 0 atom stereocenters. The third-order valence-electron chi connectivity index (χ3n) is 2.73. The van der Waals surface area contributed by atoms with Gasteiger partial charge in [-0.3, -0.25) is 0 Å². The van der Waals surface area contributed by atoms with E-state index in [1.165, 1.54) is 0 Å². The topological polar surface area (TPSA) is 41.4 Å². The van der Waals surface area contributed by atoms with Crippen LogP contribution in [-0.4, -0.2) is 35.1 Å². The zero-order valence-electron chi connectivity index (χ0n) is 12.5. The monoisotopic (exact) mass is 348 g/mol. The van der Waals surface area contributed by atoms with Crippen LogP contribution in [0.3, 0.4) is 0 Å². The molecular weight excluding hydrogens is 327 g/mol. The van der Waals surface area contributed by atoms with Gasteiger partial charge in [0, 0.05) is 37.3 Å². The lowest BCUT2D eigenvalue weighted by Gasteiger charge is -2.11. The summed E-state index contributed by atoms with van der Waals surface area (Å²) in [6, 6.07) is 1.84. The highest BCUT2D eigenvalue weighted by Gasteiger charge is 2.08. The van der Waals surface area contributed by atoms with Crippen molar-refractivity contribution < 1.29 is 0 Å². The van der Waals surface area contributed by atoms with E-state index >= 15 is 0 Å². The first kappa shape index (κ1) is 18.3. The summed E-state index contributed by atoms with van der Waals surface area (Å²) in [5.41, 5.74) is 0.975. The Balaban J connectivity index is 2.54. The number of thioether (sulfide) groups is 1. The van der Waals surface area contributed by atoms with Crippen molar-refractivity contribution in [2.24, 2.45) is 12.0 Å². The lowest BCUT2D eigenvalue weighted by atomic mass is 10.4. The summed E-state index contributed by atoms with van der Waals surface area (Å²) < 4.78 is 1.84. The predicted octanol–water partition coefficient (Wildman–Crippen LogP) is 3.31. The molecule has 0 spiro atoms. The SMILES string of the molecule is C=CCSCCNC(=NCc1cc(Cl)c(Cl)n1C)NCC. The van der Waals surface area contributed by atoms with Gasteiger partial charge >= 0.3 is 0 Å². The van der Waals surface area contributed by atoms with Crippen LogP contribution in [0.15, 0.2) is 23.7 Å². The van der Waals surface area contributed by atoms with Crippen LogP contribution in [0.25, 0.3) is 0 Å². The molecule has 0 fully saturated rings. The molecule has 2 N–H and O–H groups in total. The molecule has 0 aromatic carbocycles. The Hall–Kier alpha value is -0.780. The van der Waals surface area contributed by atoms with Crippen molar-refractivity contribution in [1.29, 1.82) is 0 Å². The van der Waals surface area contributed by atoms with E-state index in [1.54, 1.807) is 0 Å². The molecule has 21 heavy (non-hydrogen) atoms. The van der Waals surface area contributed by atoms with Crippen molar-refractivity contribution in [2.75, 3.05) is 24.6 Å². The molecule has 1 heterocycles. The number of aromatic nitrogens is 1. The van der Waals surface area contributed by atoms with E-state index in [9.17, 15) is 0 Å². The first-order valence-corrected chi connectivity index (χ1v) is 8.71. The Labute approximate surface area is 141 Å². The average molecular weight is 349 g/mol. The molecule has 4 nitrogen and oxygen atoms in total. The molecule has 0 radical (unpaired) electrons. The van der Waals surface area contributed by atoms with Gasteiger partial charge in [-0.1, -0.05) is 29.3 Å². The van der Waals surface area contributed by atoms with Crippen LogP contribution in [0.4, 0.5) is 0 Å². The van der Waals surface area contributed by atoms with Gasteiger partial charge < -0.3 is 15.2 Å². The highest BCUT2D eigenvalue weighted by Crippen LogP contribution is 2.25. The first-order valence-electron chi connectivity index (χ1n) is 6.80.